The van der Waals surface area contributed by atoms with Crippen molar-refractivity contribution in [1.82, 2.24) is 15.2 Å². The number of hydrogen-bond donors (Lipinski definition) is 3. The smallest absolute Gasteiger partial charge is 0.251 e. The first-order valence-electron chi connectivity index (χ1n) is 12.3. The Labute approximate surface area is 214 Å². The first kappa shape index (κ1) is 24.7. The fourth-order valence-electron chi connectivity index (χ4n) is 4.48. The van der Waals surface area contributed by atoms with Gasteiger partial charge in [0.05, 0.1) is 30.5 Å². The summed E-state index contributed by atoms with van der Waals surface area (Å²) >= 11 is 0. The highest BCUT2D eigenvalue weighted by Gasteiger charge is 2.16. The molecule has 1 atom stereocenters. The highest BCUT2D eigenvalue weighted by molar-refractivity contribution is 6.06. The second-order valence-corrected chi connectivity index (χ2v) is 9.21. The van der Waals surface area contributed by atoms with Crippen molar-refractivity contribution in [2.45, 2.75) is 19.5 Å². The molecule has 1 fully saturated rings. The largest absolute Gasteiger partial charge is 0.494 e. The average Bonchev–Trinajstić information content (AvgIpc) is 3.22. The topological polar surface area (TPSA) is 90.0 Å². The molecule has 0 radical (unpaired) electrons. The molecule has 1 aliphatic rings. The van der Waals surface area contributed by atoms with Gasteiger partial charge in [0.1, 0.15) is 5.82 Å². The number of fused-ring (bicyclic) bond motifs is 1. The number of carbonyl (C=O) groups excluding carboxylic acids is 1. The van der Waals surface area contributed by atoms with Crippen molar-refractivity contribution in [3.8, 4) is 5.88 Å². The Hall–Kier alpha value is -4.01. The first-order chi connectivity index (χ1) is 18.0. The van der Waals surface area contributed by atoms with E-state index in [1.165, 1.54) is 12.1 Å². The Morgan fingerprint density at radius 2 is 1.95 bits per heavy atom. The van der Waals surface area contributed by atoms with E-state index in [0.717, 1.165) is 49.7 Å². The number of H-pyrrole nitrogens is 1. The van der Waals surface area contributed by atoms with Crippen LogP contribution in [0.25, 0.3) is 10.9 Å². The Kier molecular flexibility index (Phi) is 7.30. The highest BCUT2D eigenvalue weighted by atomic mass is 19.1. The van der Waals surface area contributed by atoms with E-state index < -0.39 is 0 Å². The molecule has 0 bridgehead atoms. The van der Waals surface area contributed by atoms with Gasteiger partial charge < -0.3 is 20.1 Å². The van der Waals surface area contributed by atoms with Crippen molar-refractivity contribution < 1.29 is 19.0 Å². The molecule has 0 aliphatic carbocycles. The van der Waals surface area contributed by atoms with Crippen LogP contribution in [0.3, 0.4) is 0 Å². The molecule has 8 heteroatoms. The molecule has 3 N–H and O–H groups in total. The molecule has 0 saturated carbocycles. The summed E-state index contributed by atoms with van der Waals surface area (Å²) in [5.41, 5.74) is 4.40. The van der Waals surface area contributed by atoms with Gasteiger partial charge in [-0.3, -0.25) is 14.7 Å². The second kappa shape index (κ2) is 10.9. The van der Waals surface area contributed by atoms with Gasteiger partial charge in [0, 0.05) is 42.3 Å². The molecule has 1 saturated heterocycles. The van der Waals surface area contributed by atoms with E-state index >= 15 is 0 Å². The van der Waals surface area contributed by atoms with Gasteiger partial charge in [-0.2, -0.15) is 0 Å². The van der Waals surface area contributed by atoms with Crippen LogP contribution in [-0.2, 0) is 11.3 Å². The molecule has 190 valence electrons. The van der Waals surface area contributed by atoms with Crippen LogP contribution in [0.4, 0.5) is 10.1 Å². The van der Waals surface area contributed by atoms with E-state index in [9.17, 15) is 14.3 Å². The lowest BCUT2D eigenvalue weighted by Gasteiger charge is -2.26. The van der Waals surface area contributed by atoms with Crippen LogP contribution in [0, 0.1) is 5.82 Å². The maximum Gasteiger partial charge on any atom is 0.251 e. The van der Waals surface area contributed by atoms with Gasteiger partial charge in [-0.15, -0.1) is 0 Å². The molecule has 0 spiro atoms. The molecule has 3 aromatic carbocycles. The number of ether oxygens (including phenoxy) is 1. The number of carbonyl (C=O) groups is 1. The molecule has 7 nitrogen and oxygen atoms in total. The number of hydrogen-bond acceptors (Lipinski definition) is 5. The third kappa shape index (κ3) is 5.87. The minimum atomic E-state index is -0.321. The van der Waals surface area contributed by atoms with E-state index in [-0.39, 0.29) is 23.6 Å². The highest BCUT2D eigenvalue weighted by Crippen LogP contribution is 2.28. The SMILES string of the molecule is C[C@H](NC(=O)c1ccc2[nH]c(O)c(C=Nc3cccc(CN4CCOCC4)c3)c2c1)c1ccc(F)cc1. The Bertz CT molecular complexity index is 1430. The molecular weight excluding hydrogens is 471 g/mol. The summed E-state index contributed by atoms with van der Waals surface area (Å²) in [5.74, 6) is -0.600. The molecule has 1 aliphatic heterocycles. The second-order valence-electron chi connectivity index (χ2n) is 9.21. The van der Waals surface area contributed by atoms with Gasteiger partial charge in [0.2, 0.25) is 0 Å². The standard InChI is InChI=1S/C29H29FN4O3/c1-19(21-5-8-23(30)9-6-21)32-28(35)22-7-10-27-25(16-22)26(29(36)33-27)17-31-24-4-2-3-20(15-24)18-34-11-13-37-14-12-34/h2-10,15-17,19,33,36H,11-14,18H2,1H3,(H,32,35)/t19-/m0/s1. The number of nitrogens with zero attached hydrogens (tertiary/aromatic N) is 2. The van der Waals surface area contributed by atoms with Gasteiger partial charge in [0.25, 0.3) is 5.91 Å². The Morgan fingerprint density at radius 3 is 2.73 bits per heavy atom. The number of aromatic nitrogens is 1. The van der Waals surface area contributed by atoms with Crippen molar-refractivity contribution in [3.05, 3.63) is 94.8 Å². The number of aliphatic imine (C=N–C) groups is 1. The number of aromatic amines is 1. The lowest BCUT2D eigenvalue weighted by atomic mass is 10.1. The molecular formula is C29H29FN4O3. The Balaban J connectivity index is 1.34. The number of rotatable bonds is 7. The number of nitrogens with one attached hydrogen (secondary N) is 2. The maximum absolute atomic E-state index is 13.2. The fourth-order valence-corrected chi connectivity index (χ4v) is 4.48. The monoisotopic (exact) mass is 500 g/mol. The molecule has 4 aromatic rings. The summed E-state index contributed by atoms with van der Waals surface area (Å²) in [5, 5.41) is 14.2. The van der Waals surface area contributed by atoms with E-state index in [4.69, 9.17) is 4.74 Å². The van der Waals surface area contributed by atoms with E-state index in [1.807, 2.05) is 25.1 Å². The molecule has 37 heavy (non-hydrogen) atoms. The zero-order valence-electron chi connectivity index (χ0n) is 20.6. The van der Waals surface area contributed by atoms with Crippen molar-refractivity contribution >= 4 is 28.7 Å². The summed E-state index contributed by atoms with van der Waals surface area (Å²) < 4.78 is 18.6. The number of aromatic hydroxyl groups is 1. The van der Waals surface area contributed by atoms with Crippen LogP contribution in [0.15, 0.2) is 71.7 Å². The van der Waals surface area contributed by atoms with E-state index in [2.05, 4.69) is 26.3 Å². The number of benzene rings is 3. The lowest BCUT2D eigenvalue weighted by Crippen LogP contribution is -2.35. The number of morpholine rings is 1. The minimum Gasteiger partial charge on any atom is -0.494 e. The van der Waals surface area contributed by atoms with Crippen LogP contribution in [-0.4, -0.2) is 53.4 Å². The van der Waals surface area contributed by atoms with Crippen LogP contribution >= 0.6 is 0 Å². The van der Waals surface area contributed by atoms with Crippen molar-refractivity contribution in [2.75, 3.05) is 26.3 Å². The third-order valence-electron chi connectivity index (χ3n) is 6.56. The molecule has 1 aromatic heterocycles. The summed E-state index contributed by atoms with van der Waals surface area (Å²) in [6, 6.07) is 18.9. The number of amides is 1. The zero-order chi connectivity index (χ0) is 25.8. The van der Waals surface area contributed by atoms with E-state index in [0.29, 0.717) is 22.0 Å². The third-order valence-corrected chi connectivity index (χ3v) is 6.56. The first-order valence-corrected chi connectivity index (χ1v) is 12.3. The van der Waals surface area contributed by atoms with Crippen molar-refractivity contribution in [2.24, 2.45) is 4.99 Å². The van der Waals surface area contributed by atoms with Crippen molar-refractivity contribution in [1.29, 1.82) is 0 Å². The van der Waals surface area contributed by atoms with Gasteiger partial charge >= 0.3 is 0 Å². The maximum atomic E-state index is 13.2. The summed E-state index contributed by atoms with van der Waals surface area (Å²) in [7, 11) is 0. The lowest BCUT2D eigenvalue weighted by molar-refractivity contribution is 0.0342. The summed E-state index contributed by atoms with van der Waals surface area (Å²) in [6.45, 7) is 6.01. The quantitative estimate of drug-likeness (QED) is 0.309. The predicted octanol–water partition coefficient (Wildman–Crippen LogP) is 5.09. The molecule has 5 rings (SSSR count). The van der Waals surface area contributed by atoms with Gasteiger partial charge in [-0.1, -0.05) is 24.3 Å². The van der Waals surface area contributed by atoms with E-state index in [1.54, 1.807) is 36.5 Å². The van der Waals surface area contributed by atoms with Crippen LogP contribution < -0.4 is 5.32 Å². The predicted molar refractivity (Wildman–Crippen MR) is 142 cm³/mol. The van der Waals surface area contributed by atoms with Crippen LogP contribution in [0.1, 0.15) is 40.0 Å². The molecule has 1 amide bonds. The minimum absolute atomic E-state index is 0.0135. The van der Waals surface area contributed by atoms with Crippen molar-refractivity contribution in [3.63, 3.8) is 0 Å². The van der Waals surface area contributed by atoms with Gasteiger partial charge in [0.15, 0.2) is 5.88 Å². The zero-order valence-corrected chi connectivity index (χ0v) is 20.6. The fraction of sp³-hybridized carbons (Fsp3) is 0.241. The summed E-state index contributed by atoms with van der Waals surface area (Å²) in [6.07, 6.45) is 1.62. The van der Waals surface area contributed by atoms with Gasteiger partial charge in [-0.05, 0) is 60.5 Å². The molecule has 0 unspecified atom stereocenters. The van der Waals surface area contributed by atoms with Crippen LogP contribution in [0.2, 0.25) is 0 Å². The van der Waals surface area contributed by atoms with Crippen LogP contribution in [0.5, 0.6) is 5.88 Å². The number of halogens is 1. The van der Waals surface area contributed by atoms with Gasteiger partial charge in [-0.25, -0.2) is 4.39 Å². The summed E-state index contributed by atoms with van der Waals surface area (Å²) in [4.78, 5) is 22.8. The normalized spacial score (nSPS) is 15.3. The average molecular weight is 501 g/mol. The molecule has 2 heterocycles. The Morgan fingerprint density at radius 1 is 1.16 bits per heavy atom.